The second-order valence-electron chi connectivity index (χ2n) is 19.3. The van der Waals surface area contributed by atoms with Gasteiger partial charge in [-0.25, -0.2) is 4.98 Å². The summed E-state index contributed by atoms with van der Waals surface area (Å²) in [5.74, 6) is 2.94. The normalized spacial score (nSPS) is 22.5. The van der Waals surface area contributed by atoms with E-state index >= 15 is 0 Å². The molecule has 9 heteroatoms. The molecule has 0 bridgehead atoms. The standard InChI is InChI=1S/C55H68N4O5/c56-53-32-42(18-17-40-12-6-11-39(27-40)16-15-38-9-2-1-3-10-38)45(36-59-53)29-44-30-51(63)52(64-37-60)31-41(44)19-20-48(62)33-47(61)14-7-24-55(22-4-5-23-55)34-50-49-21-26-57-35-46(49)28-43-13-8-25-58-54(43)50/h1-3,6,8-13,19-20,27,30-32,36,43,46,49-50,54,57-58,60,63H,4-5,7,14-18,21-26,28-29,33-35,37H2,(H2,56,59). The number of phenols is 1. The number of benzene rings is 3. The maximum atomic E-state index is 13.4. The summed E-state index contributed by atoms with van der Waals surface area (Å²) in [5, 5.41) is 28.0. The molecule has 0 radical (unpaired) electrons. The lowest BCUT2D eigenvalue weighted by atomic mass is 9.57. The molecular weight excluding hydrogens is 797 g/mol. The van der Waals surface area contributed by atoms with Gasteiger partial charge in [0.15, 0.2) is 24.1 Å². The molecule has 1 saturated heterocycles. The van der Waals surface area contributed by atoms with Crippen molar-refractivity contribution in [2.24, 2.45) is 29.1 Å². The molecule has 0 spiro atoms. The molecule has 2 aliphatic carbocycles. The van der Waals surface area contributed by atoms with Gasteiger partial charge in [-0.05, 0) is 182 Å². The van der Waals surface area contributed by atoms with E-state index in [-0.39, 0.29) is 34.9 Å². The zero-order valence-electron chi connectivity index (χ0n) is 37.5. The summed E-state index contributed by atoms with van der Waals surface area (Å²) in [5.41, 5.74) is 13.8. The molecule has 6 N–H and O–H groups in total. The van der Waals surface area contributed by atoms with Gasteiger partial charge >= 0.3 is 0 Å². The number of rotatable bonds is 20. The van der Waals surface area contributed by atoms with Gasteiger partial charge in [-0.3, -0.25) is 9.59 Å². The van der Waals surface area contributed by atoms with E-state index in [2.05, 4.69) is 76.3 Å². The Morgan fingerprint density at radius 2 is 1.70 bits per heavy atom. The number of carbonyl (C=O) groups is 2. The van der Waals surface area contributed by atoms with Crippen LogP contribution in [0.1, 0.15) is 110 Å². The van der Waals surface area contributed by atoms with Gasteiger partial charge in [0.25, 0.3) is 0 Å². The number of nitrogens with one attached hydrogen (secondary N) is 2. The van der Waals surface area contributed by atoms with Crippen molar-refractivity contribution >= 4 is 23.5 Å². The van der Waals surface area contributed by atoms with Crippen molar-refractivity contribution in [3.8, 4) is 11.5 Å². The molecule has 3 aromatic carbocycles. The topological polar surface area (TPSA) is 147 Å². The van der Waals surface area contributed by atoms with E-state index in [0.29, 0.717) is 42.1 Å². The fourth-order valence-corrected chi connectivity index (χ4v) is 11.9. The number of hydrogen-bond donors (Lipinski definition) is 5. The fourth-order valence-electron chi connectivity index (χ4n) is 11.9. The molecule has 3 fully saturated rings. The number of nitrogens with zero attached hydrogens (tertiary/aromatic N) is 1. The number of ether oxygens (including phenoxy) is 1. The van der Waals surface area contributed by atoms with Crippen molar-refractivity contribution in [1.82, 2.24) is 15.6 Å². The molecule has 2 aliphatic heterocycles. The summed E-state index contributed by atoms with van der Waals surface area (Å²) in [6.45, 7) is 2.62. The largest absolute Gasteiger partial charge is 0.504 e. The van der Waals surface area contributed by atoms with Gasteiger partial charge in [0.1, 0.15) is 11.6 Å². The summed E-state index contributed by atoms with van der Waals surface area (Å²) in [6, 6.07) is 25.0. The maximum Gasteiger partial charge on any atom is 0.186 e. The van der Waals surface area contributed by atoms with Gasteiger partial charge < -0.3 is 31.3 Å². The molecule has 0 amide bonds. The maximum absolute atomic E-state index is 13.4. The van der Waals surface area contributed by atoms with Crippen molar-refractivity contribution in [3.05, 3.63) is 136 Å². The Balaban J connectivity index is 0.891. The number of aliphatic hydroxyl groups excluding tert-OH is 1. The van der Waals surface area contributed by atoms with Crippen LogP contribution in [0.4, 0.5) is 5.82 Å². The van der Waals surface area contributed by atoms with Crippen LogP contribution in [-0.2, 0) is 41.7 Å². The Bertz CT molecular complexity index is 2270. The highest BCUT2D eigenvalue weighted by atomic mass is 16.6. The second kappa shape index (κ2) is 21.7. The molecular formula is C55H68N4O5. The smallest absolute Gasteiger partial charge is 0.186 e. The van der Waals surface area contributed by atoms with Crippen LogP contribution >= 0.6 is 0 Å². The van der Waals surface area contributed by atoms with E-state index in [1.807, 2.05) is 12.1 Å². The molecule has 5 unspecified atom stereocenters. The van der Waals surface area contributed by atoms with Crippen molar-refractivity contribution in [1.29, 1.82) is 0 Å². The number of piperidine rings is 1. The van der Waals surface area contributed by atoms with Crippen LogP contribution in [0.3, 0.4) is 0 Å². The van der Waals surface area contributed by atoms with Gasteiger partial charge in [-0.1, -0.05) is 85.7 Å². The lowest BCUT2D eigenvalue weighted by molar-refractivity contribution is -0.124. The number of ketones is 2. The Morgan fingerprint density at radius 1 is 0.922 bits per heavy atom. The molecule has 2 saturated carbocycles. The van der Waals surface area contributed by atoms with E-state index in [0.717, 1.165) is 86.7 Å². The SMILES string of the molecule is Nc1cc(CCc2cccc(CCc3ccccc3)c2)c(Cc2cc(O)c(OCO)cc2C=CC(=O)CC(=O)CCCC2(CC3C4CCNCC4CC4C=CCNC43)CCCC2)cn1. The van der Waals surface area contributed by atoms with Crippen molar-refractivity contribution in [2.45, 2.75) is 109 Å². The van der Waals surface area contributed by atoms with Crippen LogP contribution in [0.5, 0.6) is 11.5 Å². The molecule has 8 rings (SSSR count). The third-order valence-corrected chi connectivity index (χ3v) is 15.0. The molecule has 64 heavy (non-hydrogen) atoms. The second-order valence-corrected chi connectivity index (χ2v) is 19.3. The van der Waals surface area contributed by atoms with Gasteiger partial charge in [-0.2, -0.15) is 0 Å². The molecule has 3 heterocycles. The number of nitrogens with two attached hydrogens (primary N) is 1. The van der Waals surface area contributed by atoms with Crippen LogP contribution in [0.25, 0.3) is 6.08 Å². The number of nitrogen functional groups attached to an aromatic ring is 1. The Labute approximate surface area is 380 Å². The van der Waals surface area contributed by atoms with E-state index in [4.69, 9.17) is 10.5 Å². The van der Waals surface area contributed by atoms with Gasteiger partial charge in [-0.15, -0.1) is 0 Å². The van der Waals surface area contributed by atoms with Crippen molar-refractivity contribution < 1.29 is 24.5 Å². The van der Waals surface area contributed by atoms with E-state index in [1.165, 1.54) is 67.7 Å². The number of aryl methyl sites for hydroxylation is 4. The third kappa shape index (κ3) is 11.8. The molecule has 4 aliphatic rings. The average molecular weight is 865 g/mol. The number of hydrogen-bond acceptors (Lipinski definition) is 9. The molecule has 9 nitrogen and oxygen atoms in total. The van der Waals surface area contributed by atoms with Crippen LogP contribution in [-0.4, -0.2) is 59.2 Å². The Hall–Kier alpha value is -5.09. The predicted molar refractivity (Wildman–Crippen MR) is 255 cm³/mol. The van der Waals surface area contributed by atoms with Gasteiger partial charge in [0.05, 0.1) is 6.42 Å². The summed E-state index contributed by atoms with van der Waals surface area (Å²) < 4.78 is 5.32. The minimum absolute atomic E-state index is 0.0208. The van der Waals surface area contributed by atoms with Crippen LogP contribution in [0.15, 0.2) is 97.2 Å². The summed E-state index contributed by atoms with van der Waals surface area (Å²) in [7, 11) is 0. The van der Waals surface area contributed by atoms with Crippen LogP contribution < -0.4 is 21.1 Å². The molecule has 338 valence electrons. The first-order valence-electron chi connectivity index (χ1n) is 24.0. The number of allylic oxidation sites excluding steroid dienone is 1. The summed E-state index contributed by atoms with van der Waals surface area (Å²) in [6.07, 6.45) is 24.6. The lowest BCUT2D eigenvalue weighted by Crippen LogP contribution is -2.56. The van der Waals surface area contributed by atoms with Crippen molar-refractivity contribution in [2.75, 3.05) is 32.2 Å². The number of aromatic hydroxyl groups is 1. The number of pyridine rings is 1. The van der Waals surface area contributed by atoms with E-state index < -0.39 is 6.79 Å². The minimum Gasteiger partial charge on any atom is -0.504 e. The Morgan fingerprint density at radius 3 is 2.52 bits per heavy atom. The fraction of sp³-hybridized carbons (Fsp3) is 0.473. The zero-order chi connectivity index (χ0) is 44.3. The summed E-state index contributed by atoms with van der Waals surface area (Å²) in [4.78, 5) is 31.1. The molecule has 1 aromatic heterocycles. The first-order valence-corrected chi connectivity index (χ1v) is 24.0. The van der Waals surface area contributed by atoms with Crippen LogP contribution in [0, 0.1) is 29.1 Å². The number of phenolic OH excluding ortho intramolecular Hbond substituents is 1. The van der Waals surface area contributed by atoms with Crippen LogP contribution in [0.2, 0.25) is 0 Å². The number of aromatic nitrogens is 1. The average Bonchev–Trinajstić information content (AvgIpc) is 3.77. The Kier molecular flexibility index (Phi) is 15.4. The first kappa shape index (κ1) is 45.5. The zero-order valence-corrected chi connectivity index (χ0v) is 37.5. The number of fused-ring (bicyclic) bond motifs is 2. The monoisotopic (exact) mass is 865 g/mol. The molecule has 5 atom stereocenters. The highest BCUT2D eigenvalue weighted by Gasteiger charge is 2.48. The highest BCUT2D eigenvalue weighted by Crippen LogP contribution is 2.53. The predicted octanol–water partition coefficient (Wildman–Crippen LogP) is 8.91. The van der Waals surface area contributed by atoms with Crippen molar-refractivity contribution in [3.63, 3.8) is 0 Å². The minimum atomic E-state index is -0.612. The number of Topliss-reactive ketones (excluding diaryl/α,β-unsaturated/α-hetero) is 1. The third-order valence-electron chi connectivity index (χ3n) is 15.0. The quantitative estimate of drug-likeness (QED) is 0.0255. The number of anilines is 1. The van der Waals surface area contributed by atoms with E-state index in [1.54, 1.807) is 24.4 Å². The van der Waals surface area contributed by atoms with Gasteiger partial charge in [0, 0.05) is 25.2 Å². The highest BCUT2D eigenvalue weighted by molar-refractivity contribution is 6.06. The summed E-state index contributed by atoms with van der Waals surface area (Å²) >= 11 is 0. The van der Waals surface area contributed by atoms with Gasteiger partial charge in [0.2, 0.25) is 0 Å². The number of carbonyl (C=O) groups excluding carboxylic acids is 2. The lowest BCUT2D eigenvalue weighted by Gasteiger charge is -2.52. The molecule has 4 aromatic rings. The first-order chi connectivity index (χ1) is 31.2. The number of aliphatic hydroxyl groups is 1. The van der Waals surface area contributed by atoms with E-state index in [9.17, 15) is 19.8 Å².